The van der Waals surface area contributed by atoms with E-state index < -0.39 is 17.7 Å². The van der Waals surface area contributed by atoms with Crippen LogP contribution in [-0.4, -0.2) is 46.2 Å². The molecule has 1 N–H and O–H groups in total. The Balaban J connectivity index is 2.28. The SMILES string of the molecule is COc1ccc(N=NC(C(C)=O)C(=O)Nc2ccc(Cl)c(OC)c2OC)cc1OC. The van der Waals surface area contributed by atoms with Crippen LogP contribution >= 0.6 is 11.6 Å². The third-order valence-corrected chi connectivity index (χ3v) is 4.32. The van der Waals surface area contributed by atoms with Crippen molar-refractivity contribution >= 4 is 34.7 Å². The van der Waals surface area contributed by atoms with Crippen LogP contribution in [0.3, 0.4) is 0 Å². The first-order chi connectivity index (χ1) is 14.4. The summed E-state index contributed by atoms with van der Waals surface area (Å²) in [5, 5.41) is 10.8. The average Bonchev–Trinajstić information content (AvgIpc) is 2.74. The second-order valence-corrected chi connectivity index (χ2v) is 6.33. The molecule has 9 nitrogen and oxygen atoms in total. The highest BCUT2D eigenvalue weighted by Gasteiger charge is 2.25. The van der Waals surface area contributed by atoms with E-state index in [2.05, 4.69) is 15.5 Å². The summed E-state index contributed by atoms with van der Waals surface area (Å²) < 4.78 is 20.8. The van der Waals surface area contributed by atoms with Gasteiger partial charge in [-0.25, -0.2) is 0 Å². The third-order valence-electron chi connectivity index (χ3n) is 4.02. The van der Waals surface area contributed by atoms with Crippen LogP contribution < -0.4 is 24.3 Å². The van der Waals surface area contributed by atoms with Gasteiger partial charge in [0.15, 0.2) is 28.8 Å². The Morgan fingerprint density at radius 3 is 2.17 bits per heavy atom. The zero-order valence-corrected chi connectivity index (χ0v) is 17.9. The minimum Gasteiger partial charge on any atom is -0.493 e. The predicted molar refractivity (Wildman–Crippen MR) is 112 cm³/mol. The summed E-state index contributed by atoms with van der Waals surface area (Å²) >= 11 is 6.07. The Bertz CT molecular complexity index is 964. The number of ether oxygens (including phenoxy) is 4. The molecule has 0 aliphatic carbocycles. The van der Waals surface area contributed by atoms with Crippen molar-refractivity contribution in [2.45, 2.75) is 13.0 Å². The molecule has 1 atom stereocenters. The van der Waals surface area contributed by atoms with E-state index in [1.165, 1.54) is 47.5 Å². The van der Waals surface area contributed by atoms with Crippen LogP contribution in [0.4, 0.5) is 11.4 Å². The van der Waals surface area contributed by atoms with E-state index in [0.29, 0.717) is 22.2 Å². The Labute approximate surface area is 178 Å². The summed E-state index contributed by atoms with van der Waals surface area (Å²) in [7, 11) is 5.82. The number of azo groups is 1. The molecule has 160 valence electrons. The van der Waals surface area contributed by atoms with Gasteiger partial charge < -0.3 is 24.3 Å². The maximum atomic E-state index is 12.7. The summed E-state index contributed by atoms with van der Waals surface area (Å²) in [6.45, 7) is 1.25. The first-order valence-electron chi connectivity index (χ1n) is 8.70. The van der Waals surface area contributed by atoms with Crippen molar-refractivity contribution in [2.75, 3.05) is 33.8 Å². The Morgan fingerprint density at radius 1 is 0.933 bits per heavy atom. The van der Waals surface area contributed by atoms with E-state index in [-0.39, 0.29) is 17.2 Å². The van der Waals surface area contributed by atoms with Crippen LogP contribution in [0.25, 0.3) is 0 Å². The molecule has 0 radical (unpaired) electrons. The molecule has 2 aromatic rings. The summed E-state index contributed by atoms with van der Waals surface area (Å²) in [6.07, 6.45) is 0. The lowest BCUT2D eigenvalue weighted by atomic mass is 10.2. The third kappa shape index (κ3) is 5.18. The molecule has 0 aliphatic rings. The largest absolute Gasteiger partial charge is 0.493 e. The number of hydrogen-bond acceptors (Lipinski definition) is 8. The summed E-state index contributed by atoms with van der Waals surface area (Å²) in [5.74, 6) is 0.253. The van der Waals surface area contributed by atoms with Crippen LogP contribution in [0.15, 0.2) is 40.6 Å². The van der Waals surface area contributed by atoms with Crippen molar-refractivity contribution in [1.82, 2.24) is 0 Å². The standard InChI is InChI=1S/C20H22ClN3O6/c1-11(25)17(24-23-12-6-9-15(27-2)16(10-12)28-3)20(26)22-14-8-7-13(21)18(29-4)19(14)30-5/h6-10,17H,1-5H3,(H,22,26). The molecule has 30 heavy (non-hydrogen) atoms. The molecule has 10 heteroatoms. The Hall–Kier alpha value is -3.33. The van der Waals surface area contributed by atoms with Crippen LogP contribution in [-0.2, 0) is 9.59 Å². The highest BCUT2D eigenvalue weighted by molar-refractivity contribution is 6.32. The van der Waals surface area contributed by atoms with Crippen molar-refractivity contribution in [2.24, 2.45) is 10.2 Å². The fourth-order valence-corrected chi connectivity index (χ4v) is 2.79. The lowest BCUT2D eigenvalue weighted by Crippen LogP contribution is -2.32. The summed E-state index contributed by atoms with van der Waals surface area (Å²) in [4.78, 5) is 24.7. The lowest BCUT2D eigenvalue weighted by Gasteiger charge is -2.16. The molecule has 0 spiro atoms. The topological polar surface area (TPSA) is 108 Å². The number of halogens is 1. The smallest absolute Gasteiger partial charge is 0.258 e. The summed E-state index contributed by atoms with van der Waals surface area (Å²) in [5.41, 5.74) is 0.661. The maximum absolute atomic E-state index is 12.7. The average molecular weight is 436 g/mol. The quantitative estimate of drug-likeness (QED) is 0.470. The Kier molecular flexibility index (Phi) is 7.99. The van der Waals surface area contributed by atoms with E-state index in [4.69, 9.17) is 30.5 Å². The molecule has 0 fully saturated rings. The van der Waals surface area contributed by atoms with Gasteiger partial charge in [-0.2, -0.15) is 10.2 Å². The second-order valence-electron chi connectivity index (χ2n) is 5.92. The Morgan fingerprint density at radius 2 is 1.60 bits per heavy atom. The molecule has 0 aliphatic heterocycles. The number of nitrogens with one attached hydrogen (secondary N) is 1. The van der Waals surface area contributed by atoms with Gasteiger partial charge >= 0.3 is 0 Å². The molecule has 1 amide bonds. The van der Waals surface area contributed by atoms with Crippen molar-refractivity contribution < 1.29 is 28.5 Å². The van der Waals surface area contributed by atoms with Crippen LogP contribution in [0, 0.1) is 0 Å². The normalized spacial score (nSPS) is 11.7. The molecule has 0 saturated carbocycles. The van der Waals surface area contributed by atoms with E-state index >= 15 is 0 Å². The molecule has 2 aromatic carbocycles. The lowest BCUT2D eigenvalue weighted by molar-refractivity contribution is -0.126. The number of anilines is 1. The molecule has 1 unspecified atom stereocenters. The van der Waals surface area contributed by atoms with Crippen molar-refractivity contribution in [3.8, 4) is 23.0 Å². The number of nitrogens with zero attached hydrogens (tertiary/aromatic N) is 2. The molecule has 0 aromatic heterocycles. The monoisotopic (exact) mass is 435 g/mol. The van der Waals surface area contributed by atoms with Gasteiger partial charge in [0.2, 0.25) is 6.04 Å². The maximum Gasteiger partial charge on any atom is 0.258 e. The van der Waals surface area contributed by atoms with Crippen LogP contribution in [0.1, 0.15) is 6.92 Å². The van der Waals surface area contributed by atoms with E-state index in [1.807, 2.05) is 0 Å². The number of amides is 1. The predicted octanol–water partition coefficient (Wildman–Crippen LogP) is 4.05. The van der Waals surface area contributed by atoms with E-state index in [1.54, 1.807) is 18.2 Å². The summed E-state index contributed by atoms with van der Waals surface area (Å²) in [6, 6.07) is 6.53. The first-order valence-corrected chi connectivity index (χ1v) is 9.08. The van der Waals surface area contributed by atoms with Crippen LogP contribution in [0.2, 0.25) is 5.02 Å². The van der Waals surface area contributed by atoms with Gasteiger partial charge in [-0.3, -0.25) is 9.59 Å². The minimum atomic E-state index is -1.37. The van der Waals surface area contributed by atoms with Crippen molar-refractivity contribution in [3.05, 3.63) is 35.4 Å². The number of carbonyl (C=O) groups excluding carboxylic acids is 2. The molecule has 0 heterocycles. The number of benzene rings is 2. The number of rotatable bonds is 9. The van der Waals surface area contributed by atoms with E-state index in [0.717, 1.165) is 0 Å². The van der Waals surface area contributed by atoms with Crippen LogP contribution in [0.5, 0.6) is 23.0 Å². The van der Waals surface area contributed by atoms with Gasteiger partial charge in [0.1, 0.15) is 0 Å². The number of methoxy groups -OCH3 is 4. The molecular weight excluding hydrogens is 414 g/mol. The number of ketones is 1. The second kappa shape index (κ2) is 10.4. The molecule has 2 rings (SSSR count). The zero-order valence-electron chi connectivity index (χ0n) is 17.2. The van der Waals surface area contributed by atoms with Gasteiger partial charge in [-0.1, -0.05) is 11.6 Å². The molecule has 0 bridgehead atoms. The highest BCUT2D eigenvalue weighted by Crippen LogP contribution is 2.41. The zero-order chi connectivity index (χ0) is 22.3. The number of hydrogen-bond donors (Lipinski definition) is 1. The van der Waals surface area contributed by atoms with Gasteiger partial charge in [-0.15, -0.1) is 0 Å². The van der Waals surface area contributed by atoms with Gasteiger partial charge in [-0.05, 0) is 31.2 Å². The molecule has 0 saturated heterocycles. The minimum absolute atomic E-state index is 0.220. The number of carbonyl (C=O) groups is 2. The molecular formula is C20H22ClN3O6. The van der Waals surface area contributed by atoms with Crippen molar-refractivity contribution in [3.63, 3.8) is 0 Å². The first kappa shape index (κ1) is 23.0. The fourth-order valence-electron chi connectivity index (χ4n) is 2.56. The highest BCUT2D eigenvalue weighted by atomic mass is 35.5. The fraction of sp³-hybridized carbons (Fsp3) is 0.300. The van der Waals surface area contributed by atoms with Gasteiger partial charge in [0.05, 0.1) is 44.8 Å². The van der Waals surface area contributed by atoms with Crippen molar-refractivity contribution in [1.29, 1.82) is 0 Å². The number of Topliss-reactive ketones (excluding diaryl/α,β-unsaturated/α-hetero) is 1. The van der Waals surface area contributed by atoms with Gasteiger partial charge in [0, 0.05) is 6.07 Å². The van der Waals surface area contributed by atoms with E-state index in [9.17, 15) is 9.59 Å². The van der Waals surface area contributed by atoms with Gasteiger partial charge in [0.25, 0.3) is 5.91 Å².